The number of amides is 1. The van der Waals surface area contributed by atoms with Crippen molar-refractivity contribution < 1.29 is 18.0 Å². The topological polar surface area (TPSA) is 46.9 Å². The zero-order chi connectivity index (χ0) is 14.6. The minimum atomic E-state index is -4.54. The Balaban J connectivity index is 2.91. The van der Waals surface area contributed by atoms with Gasteiger partial charge in [0.2, 0.25) is 5.91 Å². The molecule has 0 saturated carbocycles. The number of hydrogen-bond donors (Lipinski definition) is 1. The van der Waals surface area contributed by atoms with Gasteiger partial charge < -0.3 is 5.32 Å². The molecule has 1 heterocycles. The van der Waals surface area contributed by atoms with E-state index in [1.54, 1.807) is 13.8 Å². The quantitative estimate of drug-likeness (QED) is 0.899. The van der Waals surface area contributed by atoms with Crippen LogP contribution in [-0.4, -0.2) is 21.9 Å². The molecule has 1 amide bonds. The van der Waals surface area contributed by atoms with Gasteiger partial charge in [0.15, 0.2) is 6.04 Å². The van der Waals surface area contributed by atoms with Crippen LogP contribution in [0.5, 0.6) is 0 Å². The van der Waals surface area contributed by atoms with Crippen LogP contribution in [-0.2, 0) is 11.8 Å². The van der Waals surface area contributed by atoms with Crippen LogP contribution in [0.15, 0.2) is 12.4 Å². The molecule has 108 valence electrons. The van der Waals surface area contributed by atoms with E-state index in [1.807, 2.05) is 0 Å². The molecule has 1 aromatic rings. The number of aromatic nitrogens is 2. The van der Waals surface area contributed by atoms with Crippen molar-refractivity contribution in [2.45, 2.75) is 38.9 Å². The Morgan fingerprint density at radius 1 is 1.42 bits per heavy atom. The Labute approximate surface area is 110 Å². The molecule has 1 rings (SSSR count). The van der Waals surface area contributed by atoms with E-state index in [4.69, 9.17) is 0 Å². The summed E-state index contributed by atoms with van der Waals surface area (Å²) in [5.74, 6) is -0.974. The van der Waals surface area contributed by atoms with Gasteiger partial charge in [0.05, 0.1) is 6.20 Å². The molecule has 1 N–H and O–H groups in total. The Bertz CT molecular complexity index is 424. The summed E-state index contributed by atoms with van der Waals surface area (Å²) in [7, 11) is 1.53. The minimum absolute atomic E-state index is 0.0608. The number of carbonyl (C=O) groups excluding carboxylic acids is 1. The van der Waals surface area contributed by atoms with E-state index in [2.05, 4.69) is 10.4 Å². The van der Waals surface area contributed by atoms with Gasteiger partial charge in [0.25, 0.3) is 0 Å². The lowest BCUT2D eigenvalue weighted by atomic mass is 10.0. The molecule has 0 aliphatic carbocycles. The Kier molecular flexibility index (Phi) is 4.97. The summed E-state index contributed by atoms with van der Waals surface area (Å²) in [5.41, 5.74) is -0.0608. The maximum absolute atomic E-state index is 13.0. The van der Waals surface area contributed by atoms with Crippen LogP contribution >= 0.6 is 0 Å². The molecule has 1 atom stereocenters. The SMILES string of the molecule is CCC(CC)C(=O)NC(c1cnn(C)c1)C(F)(F)F. The van der Waals surface area contributed by atoms with Crippen molar-refractivity contribution in [2.75, 3.05) is 0 Å². The van der Waals surface area contributed by atoms with E-state index in [9.17, 15) is 18.0 Å². The Morgan fingerprint density at radius 2 is 2.00 bits per heavy atom. The average Bonchev–Trinajstić information content (AvgIpc) is 2.72. The normalized spacial score (nSPS) is 13.6. The van der Waals surface area contributed by atoms with Crippen molar-refractivity contribution in [1.29, 1.82) is 0 Å². The highest BCUT2D eigenvalue weighted by Crippen LogP contribution is 2.32. The minimum Gasteiger partial charge on any atom is -0.340 e. The molecule has 1 aromatic heterocycles. The maximum atomic E-state index is 13.0. The van der Waals surface area contributed by atoms with Gasteiger partial charge in [-0.05, 0) is 12.8 Å². The van der Waals surface area contributed by atoms with Crippen LogP contribution in [0, 0.1) is 5.92 Å². The molecule has 0 fully saturated rings. The molecular weight excluding hydrogens is 259 g/mol. The number of hydrogen-bond acceptors (Lipinski definition) is 2. The summed E-state index contributed by atoms with van der Waals surface area (Å²) in [6.07, 6.45) is -1.14. The zero-order valence-corrected chi connectivity index (χ0v) is 11.2. The van der Waals surface area contributed by atoms with Gasteiger partial charge in [0.1, 0.15) is 0 Å². The van der Waals surface area contributed by atoms with Crippen molar-refractivity contribution >= 4 is 5.91 Å². The van der Waals surface area contributed by atoms with Crippen LogP contribution < -0.4 is 5.32 Å². The van der Waals surface area contributed by atoms with E-state index in [1.165, 1.54) is 17.9 Å². The fourth-order valence-corrected chi connectivity index (χ4v) is 1.86. The molecule has 0 aliphatic heterocycles. The first-order valence-electron chi connectivity index (χ1n) is 6.15. The lowest BCUT2D eigenvalue weighted by Crippen LogP contribution is -2.40. The molecule has 4 nitrogen and oxygen atoms in total. The first-order chi connectivity index (χ1) is 8.79. The zero-order valence-electron chi connectivity index (χ0n) is 11.2. The van der Waals surface area contributed by atoms with Crippen LogP contribution in [0.25, 0.3) is 0 Å². The molecule has 0 radical (unpaired) electrons. The largest absolute Gasteiger partial charge is 0.412 e. The Hall–Kier alpha value is -1.53. The first-order valence-corrected chi connectivity index (χ1v) is 6.15. The summed E-state index contributed by atoms with van der Waals surface area (Å²) in [5, 5.41) is 5.78. The smallest absolute Gasteiger partial charge is 0.340 e. The average molecular weight is 277 g/mol. The van der Waals surface area contributed by atoms with Crippen molar-refractivity contribution in [3.05, 3.63) is 18.0 Å². The van der Waals surface area contributed by atoms with E-state index >= 15 is 0 Å². The van der Waals surface area contributed by atoms with Gasteiger partial charge in [0, 0.05) is 24.7 Å². The van der Waals surface area contributed by atoms with Crippen molar-refractivity contribution in [2.24, 2.45) is 13.0 Å². The summed E-state index contributed by atoms with van der Waals surface area (Å²) in [4.78, 5) is 11.8. The molecule has 0 bridgehead atoms. The van der Waals surface area contributed by atoms with Gasteiger partial charge in [-0.1, -0.05) is 13.8 Å². The second kappa shape index (κ2) is 6.08. The van der Waals surface area contributed by atoms with Gasteiger partial charge in [-0.25, -0.2) is 0 Å². The molecule has 7 heteroatoms. The number of halogens is 3. The van der Waals surface area contributed by atoms with Crippen molar-refractivity contribution in [1.82, 2.24) is 15.1 Å². The molecule has 0 saturated heterocycles. The summed E-state index contributed by atoms with van der Waals surface area (Å²) in [6, 6.07) is -2.01. The van der Waals surface area contributed by atoms with Crippen LogP contribution in [0.4, 0.5) is 13.2 Å². The second-order valence-corrected chi connectivity index (χ2v) is 4.44. The van der Waals surface area contributed by atoms with Crippen LogP contribution in [0.3, 0.4) is 0 Å². The standard InChI is InChI=1S/C12H18F3N3O/c1-4-8(5-2)11(19)17-10(12(13,14)15)9-6-16-18(3)7-9/h6-8,10H,4-5H2,1-3H3,(H,17,19). The summed E-state index contributed by atoms with van der Waals surface area (Å²) in [6.45, 7) is 3.56. The van der Waals surface area contributed by atoms with Gasteiger partial charge in [-0.2, -0.15) is 18.3 Å². The predicted octanol–water partition coefficient (Wildman–Crippen LogP) is 2.58. The fraction of sp³-hybridized carbons (Fsp3) is 0.667. The van der Waals surface area contributed by atoms with E-state index in [-0.39, 0.29) is 5.56 Å². The molecule has 0 aromatic carbocycles. The fourth-order valence-electron chi connectivity index (χ4n) is 1.86. The summed E-state index contributed by atoms with van der Waals surface area (Å²) >= 11 is 0. The number of nitrogens with zero attached hydrogens (tertiary/aromatic N) is 2. The van der Waals surface area contributed by atoms with E-state index in [0.717, 1.165) is 6.20 Å². The highest BCUT2D eigenvalue weighted by atomic mass is 19.4. The lowest BCUT2D eigenvalue weighted by molar-refractivity contribution is -0.164. The van der Waals surface area contributed by atoms with Gasteiger partial charge in [-0.15, -0.1) is 0 Å². The second-order valence-electron chi connectivity index (χ2n) is 4.44. The van der Waals surface area contributed by atoms with Gasteiger partial charge in [-0.3, -0.25) is 9.48 Å². The molecule has 1 unspecified atom stereocenters. The van der Waals surface area contributed by atoms with Crippen LogP contribution in [0.2, 0.25) is 0 Å². The van der Waals surface area contributed by atoms with E-state index < -0.39 is 24.0 Å². The molecule has 0 spiro atoms. The third kappa shape index (κ3) is 3.97. The monoisotopic (exact) mass is 277 g/mol. The maximum Gasteiger partial charge on any atom is 0.412 e. The highest BCUT2D eigenvalue weighted by molar-refractivity contribution is 5.79. The van der Waals surface area contributed by atoms with Crippen LogP contribution in [0.1, 0.15) is 38.3 Å². The molecule has 0 aliphatic rings. The highest BCUT2D eigenvalue weighted by Gasteiger charge is 2.43. The lowest BCUT2D eigenvalue weighted by Gasteiger charge is -2.23. The molecular formula is C12H18F3N3O. The number of aryl methyl sites for hydroxylation is 1. The predicted molar refractivity (Wildman–Crippen MR) is 64.2 cm³/mol. The third-order valence-corrected chi connectivity index (χ3v) is 3.03. The molecule has 19 heavy (non-hydrogen) atoms. The first kappa shape index (κ1) is 15.5. The van der Waals surface area contributed by atoms with Gasteiger partial charge >= 0.3 is 6.18 Å². The van der Waals surface area contributed by atoms with E-state index in [0.29, 0.717) is 12.8 Å². The third-order valence-electron chi connectivity index (χ3n) is 3.03. The van der Waals surface area contributed by atoms with Crippen molar-refractivity contribution in [3.63, 3.8) is 0 Å². The number of nitrogens with one attached hydrogen (secondary N) is 1. The number of carbonyl (C=O) groups is 1. The number of alkyl halides is 3. The number of rotatable bonds is 5. The van der Waals surface area contributed by atoms with Crippen molar-refractivity contribution in [3.8, 4) is 0 Å². The Morgan fingerprint density at radius 3 is 2.37 bits per heavy atom. The summed E-state index contributed by atoms with van der Waals surface area (Å²) < 4.78 is 40.3.